The molecule has 0 spiro atoms. The zero-order valence-electron chi connectivity index (χ0n) is 16.6. The topological polar surface area (TPSA) is 67.9 Å². The Morgan fingerprint density at radius 2 is 1.93 bits per heavy atom. The number of benzene rings is 1. The van der Waals surface area contributed by atoms with Crippen molar-refractivity contribution in [1.29, 1.82) is 0 Å². The van der Waals surface area contributed by atoms with Crippen molar-refractivity contribution in [3.05, 3.63) is 58.7 Å². The second kappa shape index (κ2) is 7.81. The van der Waals surface area contributed by atoms with Crippen molar-refractivity contribution in [2.24, 2.45) is 0 Å². The van der Waals surface area contributed by atoms with Crippen LogP contribution in [0.15, 0.2) is 39.4 Å². The van der Waals surface area contributed by atoms with Crippen molar-refractivity contribution in [3.63, 3.8) is 0 Å². The Balaban J connectivity index is 1.53. The van der Waals surface area contributed by atoms with Gasteiger partial charge < -0.3 is 18.9 Å². The Morgan fingerprint density at radius 3 is 2.64 bits per heavy atom. The molecule has 28 heavy (non-hydrogen) atoms. The molecule has 4 rings (SSSR count). The Bertz CT molecular complexity index is 968. The van der Waals surface area contributed by atoms with Gasteiger partial charge in [-0.2, -0.15) is 0 Å². The molecule has 0 radical (unpaired) electrons. The molecule has 148 valence electrons. The number of hydrogen-bond acceptors (Lipinski definition) is 5. The smallest absolute Gasteiger partial charge is 0.287 e. The SMILES string of the molecule is Cc1cc2oc(C(=O)NC[C@H](c3ccco3)N3CCOCC3)c(C)c2cc1C. The van der Waals surface area contributed by atoms with E-state index in [1.54, 1.807) is 6.26 Å². The van der Waals surface area contributed by atoms with Gasteiger partial charge in [0.05, 0.1) is 25.5 Å². The van der Waals surface area contributed by atoms with E-state index in [2.05, 4.69) is 23.2 Å². The van der Waals surface area contributed by atoms with E-state index in [0.717, 1.165) is 40.9 Å². The number of furan rings is 2. The minimum absolute atomic E-state index is 0.0305. The molecular weight excluding hydrogens is 356 g/mol. The van der Waals surface area contributed by atoms with Crippen LogP contribution in [-0.2, 0) is 4.74 Å². The van der Waals surface area contributed by atoms with Crippen LogP contribution in [0.1, 0.15) is 39.0 Å². The maximum Gasteiger partial charge on any atom is 0.287 e. The predicted octanol–water partition coefficient (Wildman–Crippen LogP) is 3.75. The van der Waals surface area contributed by atoms with E-state index >= 15 is 0 Å². The summed E-state index contributed by atoms with van der Waals surface area (Å²) in [6, 6.07) is 7.87. The van der Waals surface area contributed by atoms with Crippen LogP contribution >= 0.6 is 0 Å². The summed E-state index contributed by atoms with van der Waals surface area (Å²) in [5.41, 5.74) is 3.96. The van der Waals surface area contributed by atoms with Crippen molar-refractivity contribution >= 4 is 16.9 Å². The lowest BCUT2D eigenvalue weighted by atomic mass is 10.0. The van der Waals surface area contributed by atoms with Gasteiger partial charge in [0.25, 0.3) is 5.91 Å². The van der Waals surface area contributed by atoms with Crippen molar-refractivity contribution in [2.75, 3.05) is 32.8 Å². The zero-order valence-corrected chi connectivity index (χ0v) is 16.6. The minimum Gasteiger partial charge on any atom is -0.468 e. The lowest BCUT2D eigenvalue weighted by Crippen LogP contribution is -2.43. The lowest BCUT2D eigenvalue weighted by molar-refractivity contribution is 0.0117. The first-order chi connectivity index (χ1) is 13.5. The molecule has 1 N–H and O–H groups in total. The van der Waals surface area contributed by atoms with Gasteiger partial charge >= 0.3 is 0 Å². The fourth-order valence-corrected chi connectivity index (χ4v) is 3.74. The Labute approximate surface area is 164 Å². The van der Waals surface area contributed by atoms with Crippen LogP contribution in [0.4, 0.5) is 0 Å². The molecule has 2 aromatic heterocycles. The number of amides is 1. The van der Waals surface area contributed by atoms with E-state index in [0.29, 0.717) is 25.5 Å². The highest BCUT2D eigenvalue weighted by atomic mass is 16.5. The maximum absolute atomic E-state index is 12.9. The minimum atomic E-state index is -0.200. The molecule has 3 aromatic rings. The number of morpholine rings is 1. The molecule has 0 saturated carbocycles. The summed E-state index contributed by atoms with van der Waals surface area (Å²) >= 11 is 0. The van der Waals surface area contributed by atoms with Crippen LogP contribution in [0.25, 0.3) is 11.0 Å². The number of rotatable bonds is 5. The number of nitrogens with zero attached hydrogens (tertiary/aromatic N) is 1. The third-order valence-electron chi connectivity index (χ3n) is 5.57. The summed E-state index contributed by atoms with van der Waals surface area (Å²) in [4.78, 5) is 15.2. The Hall–Kier alpha value is -2.57. The van der Waals surface area contributed by atoms with Crippen molar-refractivity contribution in [3.8, 4) is 0 Å². The van der Waals surface area contributed by atoms with Gasteiger partial charge in [-0.15, -0.1) is 0 Å². The van der Waals surface area contributed by atoms with Gasteiger partial charge in [-0.3, -0.25) is 9.69 Å². The lowest BCUT2D eigenvalue weighted by Gasteiger charge is -2.33. The summed E-state index contributed by atoms with van der Waals surface area (Å²) < 4.78 is 17.0. The summed E-state index contributed by atoms with van der Waals surface area (Å²) in [5, 5.41) is 4.03. The molecule has 6 heteroatoms. The molecule has 0 unspecified atom stereocenters. The fraction of sp³-hybridized carbons (Fsp3) is 0.409. The van der Waals surface area contributed by atoms with Crippen molar-refractivity contribution in [1.82, 2.24) is 10.2 Å². The van der Waals surface area contributed by atoms with E-state index in [1.807, 2.05) is 32.0 Å². The molecule has 1 saturated heterocycles. The number of carbonyl (C=O) groups excluding carboxylic acids is 1. The fourth-order valence-electron chi connectivity index (χ4n) is 3.74. The molecule has 1 amide bonds. The van der Waals surface area contributed by atoms with Gasteiger partial charge in [0.1, 0.15) is 11.3 Å². The van der Waals surface area contributed by atoms with Crippen LogP contribution < -0.4 is 5.32 Å². The van der Waals surface area contributed by atoms with Crippen molar-refractivity contribution in [2.45, 2.75) is 26.8 Å². The van der Waals surface area contributed by atoms with E-state index in [4.69, 9.17) is 13.6 Å². The van der Waals surface area contributed by atoms with Crippen LogP contribution in [-0.4, -0.2) is 43.7 Å². The maximum atomic E-state index is 12.9. The van der Waals surface area contributed by atoms with E-state index in [1.165, 1.54) is 5.56 Å². The quantitative estimate of drug-likeness (QED) is 0.728. The van der Waals surface area contributed by atoms with Crippen molar-refractivity contribution < 1.29 is 18.4 Å². The van der Waals surface area contributed by atoms with Crippen LogP contribution in [0.2, 0.25) is 0 Å². The van der Waals surface area contributed by atoms with Gasteiger partial charge in [0.2, 0.25) is 0 Å². The van der Waals surface area contributed by atoms with Gasteiger partial charge in [0, 0.05) is 30.6 Å². The molecule has 1 aliphatic rings. The molecule has 1 atom stereocenters. The second-order valence-electron chi connectivity index (χ2n) is 7.38. The average Bonchev–Trinajstić information content (AvgIpc) is 3.33. The molecule has 1 fully saturated rings. The van der Waals surface area contributed by atoms with Crippen LogP contribution in [0, 0.1) is 20.8 Å². The second-order valence-corrected chi connectivity index (χ2v) is 7.38. The van der Waals surface area contributed by atoms with Gasteiger partial charge in [-0.05, 0) is 56.2 Å². The van der Waals surface area contributed by atoms with Crippen LogP contribution in [0.3, 0.4) is 0 Å². The summed E-state index contributed by atoms with van der Waals surface area (Å²) in [6.45, 7) is 9.48. The Morgan fingerprint density at radius 1 is 1.18 bits per heavy atom. The number of hydrogen-bond donors (Lipinski definition) is 1. The molecule has 1 aromatic carbocycles. The van der Waals surface area contributed by atoms with Gasteiger partial charge in [-0.25, -0.2) is 0 Å². The molecule has 6 nitrogen and oxygen atoms in total. The number of ether oxygens (including phenoxy) is 1. The molecule has 3 heterocycles. The third kappa shape index (κ3) is 3.57. The van der Waals surface area contributed by atoms with Gasteiger partial charge in [-0.1, -0.05) is 0 Å². The van der Waals surface area contributed by atoms with Crippen LogP contribution in [0.5, 0.6) is 0 Å². The summed E-state index contributed by atoms with van der Waals surface area (Å²) in [6.07, 6.45) is 1.67. The summed E-state index contributed by atoms with van der Waals surface area (Å²) in [7, 11) is 0. The highest BCUT2D eigenvalue weighted by Gasteiger charge is 2.26. The highest BCUT2D eigenvalue weighted by molar-refractivity contribution is 5.99. The monoisotopic (exact) mass is 382 g/mol. The first-order valence-electron chi connectivity index (χ1n) is 9.68. The third-order valence-corrected chi connectivity index (χ3v) is 5.57. The largest absolute Gasteiger partial charge is 0.468 e. The van der Waals surface area contributed by atoms with E-state index in [9.17, 15) is 4.79 Å². The molecule has 0 bridgehead atoms. The normalized spacial score (nSPS) is 16.4. The molecule has 0 aliphatic carbocycles. The number of nitrogens with one attached hydrogen (secondary N) is 1. The highest BCUT2D eigenvalue weighted by Crippen LogP contribution is 2.28. The number of fused-ring (bicyclic) bond motifs is 1. The number of aryl methyl sites for hydroxylation is 3. The van der Waals surface area contributed by atoms with E-state index in [-0.39, 0.29) is 11.9 Å². The number of carbonyl (C=O) groups is 1. The first kappa shape index (κ1) is 18.8. The Kier molecular flexibility index (Phi) is 5.24. The molecule has 1 aliphatic heterocycles. The summed E-state index contributed by atoms with van der Waals surface area (Å²) in [5.74, 6) is 1.02. The zero-order chi connectivity index (χ0) is 19.7. The van der Waals surface area contributed by atoms with E-state index < -0.39 is 0 Å². The first-order valence-corrected chi connectivity index (χ1v) is 9.68. The standard InChI is InChI=1S/C22H26N2O4/c1-14-11-17-16(3)21(28-20(17)12-15(14)2)22(25)23-13-18(19-5-4-8-27-19)24-6-9-26-10-7-24/h4-5,8,11-12,18H,6-7,9-10,13H2,1-3H3,(H,23,25)/t18-/m1/s1. The average molecular weight is 382 g/mol. The molecular formula is C22H26N2O4. The van der Waals surface area contributed by atoms with Gasteiger partial charge in [0.15, 0.2) is 5.76 Å². The predicted molar refractivity (Wildman–Crippen MR) is 107 cm³/mol.